The fourth-order valence-corrected chi connectivity index (χ4v) is 2.34. The van der Waals surface area contributed by atoms with Crippen LogP contribution in [0, 0.1) is 0 Å². The van der Waals surface area contributed by atoms with Crippen molar-refractivity contribution in [2.24, 2.45) is 0 Å². The molecular formula is C10H17BrF3NO. The lowest BCUT2D eigenvalue weighted by Crippen LogP contribution is -2.37. The smallest absolute Gasteiger partial charge is 0.378 e. The third-order valence-corrected chi connectivity index (χ3v) is 2.95. The van der Waals surface area contributed by atoms with Gasteiger partial charge in [0.1, 0.15) is 0 Å². The van der Waals surface area contributed by atoms with Gasteiger partial charge in [0, 0.05) is 25.0 Å². The lowest BCUT2D eigenvalue weighted by atomic mass is 10.2. The predicted molar refractivity (Wildman–Crippen MR) is 59.9 cm³/mol. The minimum Gasteiger partial charge on any atom is -0.378 e. The maximum Gasteiger partial charge on any atom is 0.401 e. The van der Waals surface area contributed by atoms with Gasteiger partial charge in [0.15, 0.2) is 0 Å². The van der Waals surface area contributed by atoms with E-state index in [-0.39, 0.29) is 6.10 Å². The van der Waals surface area contributed by atoms with Crippen LogP contribution >= 0.6 is 15.9 Å². The Morgan fingerprint density at radius 1 is 1.31 bits per heavy atom. The first-order chi connectivity index (χ1) is 7.51. The third kappa shape index (κ3) is 6.06. The summed E-state index contributed by atoms with van der Waals surface area (Å²) in [4.78, 5) is 1.43. The third-order valence-electron chi connectivity index (χ3n) is 2.59. The molecule has 1 atom stereocenters. The maximum absolute atomic E-state index is 12.2. The van der Waals surface area contributed by atoms with Crippen molar-refractivity contribution in [1.82, 2.24) is 4.90 Å². The van der Waals surface area contributed by atoms with Gasteiger partial charge in [-0.3, -0.25) is 4.90 Å². The SMILES string of the molecule is FC(F)(F)CN(CCBr)CCC1CCCO1. The summed E-state index contributed by atoms with van der Waals surface area (Å²) in [6, 6.07) is 0. The van der Waals surface area contributed by atoms with Crippen molar-refractivity contribution in [2.45, 2.75) is 31.5 Å². The van der Waals surface area contributed by atoms with Crippen LogP contribution in [0.15, 0.2) is 0 Å². The molecule has 1 aliphatic rings. The average Bonchev–Trinajstić information content (AvgIpc) is 2.64. The Labute approximate surface area is 102 Å². The standard InChI is InChI=1S/C10H17BrF3NO/c11-4-6-15(8-10(12,13)14)5-3-9-2-1-7-16-9/h9H,1-8H2. The zero-order valence-electron chi connectivity index (χ0n) is 9.10. The highest BCUT2D eigenvalue weighted by atomic mass is 79.9. The van der Waals surface area contributed by atoms with E-state index in [1.165, 1.54) is 4.90 Å². The summed E-state index contributed by atoms with van der Waals surface area (Å²) in [6.07, 6.45) is -1.25. The van der Waals surface area contributed by atoms with Crippen molar-refractivity contribution in [1.29, 1.82) is 0 Å². The Bertz CT molecular complexity index is 195. The zero-order chi connectivity index (χ0) is 12.0. The number of hydrogen-bond acceptors (Lipinski definition) is 2. The van der Waals surface area contributed by atoms with Gasteiger partial charge in [-0.2, -0.15) is 13.2 Å². The molecule has 0 N–H and O–H groups in total. The van der Waals surface area contributed by atoms with Crippen LogP contribution in [0.1, 0.15) is 19.3 Å². The van der Waals surface area contributed by atoms with E-state index in [1.54, 1.807) is 0 Å². The summed E-state index contributed by atoms with van der Waals surface area (Å²) < 4.78 is 42.1. The highest BCUT2D eigenvalue weighted by molar-refractivity contribution is 9.09. The van der Waals surface area contributed by atoms with Gasteiger partial charge in [-0.05, 0) is 19.3 Å². The van der Waals surface area contributed by atoms with Crippen LogP contribution in [-0.4, -0.2) is 48.8 Å². The fourth-order valence-electron chi connectivity index (χ4n) is 1.84. The number of ether oxygens (including phenoxy) is 1. The largest absolute Gasteiger partial charge is 0.401 e. The van der Waals surface area contributed by atoms with Gasteiger partial charge in [0.25, 0.3) is 0 Å². The molecule has 96 valence electrons. The topological polar surface area (TPSA) is 12.5 Å². The number of hydrogen-bond donors (Lipinski definition) is 0. The van der Waals surface area contributed by atoms with E-state index < -0.39 is 12.7 Å². The summed E-state index contributed by atoms with van der Waals surface area (Å²) in [7, 11) is 0. The summed E-state index contributed by atoms with van der Waals surface area (Å²) in [5.41, 5.74) is 0. The fraction of sp³-hybridized carbons (Fsp3) is 1.00. The lowest BCUT2D eigenvalue weighted by molar-refractivity contribution is -0.146. The van der Waals surface area contributed by atoms with E-state index >= 15 is 0 Å². The molecule has 0 aromatic heterocycles. The van der Waals surface area contributed by atoms with E-state index in [0.717, 1.165) is 19.4 Å². The average molecular weight is 304 g/mol. The molecule has 0 radical (unpaired) electrons. The molecule has 16 heavy (non-hydrogen) atoms. The van der Waals surface area contributed by atoms with Crippen LogP contribution in [0.3, 0.4) is 0 Å². The quantitative estimate of drug-likeness (QED) is 0.700. The number of rotatable bonds is 6. The molecule has 1 fully saturated rings. The molecule has 0 aromatic rings. The van der Waals surface area contributed by atoms with Crippen molar-refractivity contribution in [3.63, 3.8) is 0 Å². The van der Waals surface area contributed by atoms with Crippen LogP contribution < -0.4 is 0 Å². The van der Waals surface area contributed by atoms with Crippen molar-refractivity contribution < 1.29 is 17.9 Å². The summed E-state index contributed by atoms with van der Waals surface area (Å²) >= 11 is 3.17. The van der Waals surface area contributed by atoms with E-state index in [1.807, 2.05) is 0 Å². The van der Waals surface area contributed by atoms with Crippen molar-refractivity contribution in [2.75, 3.05) is 31.6 Å². The van der Waals surface area contributed by atoms with Crippen LogP contribution in [0.4, 0.5) is 13.2 Å². The van der Waals surface area contributed by atoms with Crippen molar-refractivity contribution in [3.8, 4) is 0 Å². The second-order valence-electron chi connectivity index (χ2n) is 4.00. The van der Waals surface area contributed by atoms with Crippen LogP contribution in [0.2, 0.25) is 0 Å². The second-order valence-corrected chi connectivity index (χ2v) is 4.80. The van der Waals surface area contributed by atoms with E-state index in [0.29, 0.717) is 24.8 Å². The molecule has 0 spiro atoms. The molecule has 6 heteroatoms. The molecule has 1 rings (SSSR count). The first kappa shape index (κ1) is 14.3. The van der Waals surface area contributed by atoms with Gasteiger partial charge >= 0.3 is 6.18 Å². The molecule has 1 aliphatic heterocycles. The van der Waals surface area contributed by atoms with Crippen LogP contribution in [0.5, 0.6) is 0 Å². The first-order valence-corrected chi connectivity index (χ1v) is 6.60. The first-order valence-electron chi connectivity index (χ1n) is 5.48. The molecule has 1 unspecified atom stereocenters. The molecule has 0 aromatic carbocycles. The Morgan fingerprint density at radius 3 is 2.56 bits per heavy atom. The molecule has 0 amide bonds. The maximum atomic E-state index is 12.2. The van der Waals surface area contributed by atoms with Gasteiger partial charge in [0.05, 0.1) is 12.6 Å². The van der Waals surface area contributed by atoms with Crippen molar-refractivity contribution >= 4 is 15.9 Å². The summed E-state index contributed by atoms with van der Waals surface area (Å²) in [6.45, 7) is 0.801. The van der Waals surface area contributed by atoms with Crippen LogP contribution in [0.25, 0.3) is 0 Å². The van der Waals surface area contributed by atoms with Crippen molar-refractivity contribution in [3.05, 3.63) is 0 Å². The Kier molecular flexibility index (Phi) is 6.07. The second kappa shape index (κ2) is 6.81. The summed E-state index contributed by atoms with van der Waals surface area (Å²) in [5.74, 6) is 0. The van der Waals surface area contributed by atoms with Crippen LogP contribution in [-0.2, 0) is 4.74 Å². The van der Waals surface area contributed by atoms with E-state index in [4.69, 9.17) is 4.74 Å². The number of alkyl halides is 4. The highest BCUT2D eigenvalue weighted by Gasteiger charge is 2.30. The minimum absolute atomic E-state index is 0.158. The molecule has 1 saturated heterocycles. The summed E-state index contributed by atoms with van der Waals surface area (Å²) in [5, 5.41) is 0.564. The number of nitrogens with zero attached hydrogens (tertiary/aromatic N) is 1. The molecule has 0 aliphatic carbocycles. The lowest BCUT2D eigenvalue weighted by Gasteiger charge is -2.23. The molecule has 1 heterocycles. The molecule has 0 bridgehead atoms. The predicted octanol–water partition coefficient (Wildman–Crippen LogP) is 2.81. The Balaban J connectivity index is 2.26. The van der Waals surface area contributed by atoms with Gasteiger partial charge < -0.3 is 4.74 Å². The Hall–Kier alpha value is 0.190. The monoisotopic (exact) mass is 303 g/mol. The zero-order valence-corrected chi connectivity index (χ0v) is 10.7. The number of halogens is 4. The molecular weight excluding hydrogens is 287 g/mol. The van der Waals surface area contributed by atoms with Gasteiger partial charge in [-0.25, -0.2) is 0 Å². The van der Waals surface area contributed by atoms with E-state index in [9.17, 15) is 13.2 Å². The minimum atomic E-state index is -4.11. The molecule has 2 nitrogen and oxygen atoms in total. The Morgan fingerprint density at radius 2 is 2.06 bits per heavy atom. The van der Waals surface area contributed by atoms with Gasteiger partial charge in [-0.1, -0.05) is 15.9 Å². The normalized spacial score (nSPS) is 21.9. The van der Waals surface area contributed by atoms with E-state index in [2.05, 4.69) is 15.9 Å². The molecule has 0 saturated carbocycles. The highest BCUT2D eigenvalue weighted by Crippen LogP contribution is 2.19. The van der Waals surface area contributed by atoms with Gasteiger partial charge in [0.2, 0.25) is 0 Å². The van der Waals surface area contributed by atoms with Gasteiger partial charge in [-0.15, -0.1) is 0 Å².